The fourth-order valence-corrected chi connectivity index (χ4v) is 2.06. The summed E-state index contributed by atoms with van der Waals surface area (Å²) in [5.41, 5.74) is 1.05. The van der Waals surface area contributed by atoms with Crippen molar-refractivity contribution in [1.29, 1.82) is 0 Å². The first kappa shape index (κ1) is 15.5. The summed E-state index contributed by atoms with van der Waals surface area (Å²) in [5, 5.41) is 12.8. The van der Waals surface area contributed by atoms with Crippen LogP contribution in [-0.4, -0.2) is 41.6 Å². The summed E-state index contributed by atoms with van der Waals surface area (Å²) >= 11 is 0. The van der Waals surface area contributed by atoms with Gasteiger partial charge in [0.05, 0.1) is 5.56 Å². The third kappa shape index (κ3) is 4.24. The van der Waals surface area contributed by atoms with Crippen LogP contribution in [0.15, 0.2) is 18.2 Å². The number of hydrogen-bond donors (Lipinski definition) is 2. The van der Waals surface area contributed by atoms with Crippen molar-refractivity contribution >= 4 is 5.91 Å². The van der Waals surface area contributed by atoms with E-state index < -0.39 is 0 Å². The largest absolute Gasteiger partial charge is 0.507 e. The number of amides is 1. The Balaban J connectivity index is 2.66. The van der Waals surface area contributed by atoms with Crippen LogP contribution in [0.1, 0.15) is 36.7 Å². The van der Waals surface area contributed by atoms with Crippen LogP contribution < -0.4 is 5.32 Å². The number of rotatable bonds is 6. The first-order chi connectivity index (χ1) is 8.99. The summed E-state index contributed by atoms with van der Waals surface area (Å²) in [6.45, 7) is 10.7. The highest BCUT2D eigenvalue weighted by atomic mass is 16.3. The number of aryl methyl sites for hydroxylation is 1. The van der Waals surface area contributed by atoms with Crippen molar-refractivity contribution in [2.45, 2.75) is 33.7 Å². The Kier molecular flexibility index (Phi) is 5.83. The van der Waals surface area contributed by atoms with Crippen LogP contribution in [0.25, 0.3) is 0 Å². The van der Waals surface area contributed by atoms with Crippen LogP contribution in [0, 0.1) is 6.92 Å². The normalized spacial score (nSPS) is 12.5. The van der Waals surface area contributed by atoms with E-state index in [1.165, 1.54) is 0 Å². The lowest BCUT2D eigenvalue weighted by Crippen LogP contribution is -2.41. The number of nitrogens with one attached hydrogen (secondary N) is 1. The predicted molar refractivity (Wildman–Crippen MR) is 77.6 cm³/mol. The molecule has 0 saturated carbocycles. The molecule has 0 aliphatic carbocycles. The maximum Gasteiger partial charge on any atom is 0.255 e. The van der Waals surface area contributed by atoms with E-state index in [2.05, 4.69) is 24.1 Å². The highest BCUT2D eigenvalue weighted by molar-refractivity contribution is 5.97. The lowest BCUT2D eigenvalue weighted by molar-refractivity contribution is 0.0927. The van der Waals surface area contributed by atoms with Gasteiger partial charge in [-0.25, -0.2) is 0 Å². The Labute approximate surface area is 115 Å². The van der Waals surface area contributed by atoms with Crippen LogP contribution in [0.3, 0.4) is 0 Å². The SMILES string of the molecule is CCN(CC)CC(C)NC(=O)c1cccc(C)c1O. The van der Waals surface area contributed by atoms with E-state index in [-0.39, 0.29) is 17.7 Å². The average Bonchev–Trinajstić information content (AvgIpc) is 2.38. The Hall–Kier alpha value is -1.55. The molecule has 0 spiro atoms. The van der Waals surface area contributed by atoms with Gasteiger partial charge in [-0.15, -0.1) is 0 Å². The van der Waals surface area contributed by atoms with Crippen LogP contribution in [0.5, 0.6) is 5.75 Å². The standard InChI is InChI=1S/C15H24N2O2/c1-5-17(6-2)10-12(4)16-15(19)13-9-7-8-11(3)14(13)18/h7-9,12,18H,5-6,10H2,1-4H3,(H,16,19). The van der Waals surface area contributed by atoms with E-state index in [0.29, 0.717) is 11.1 Å². The van der Waals surface area contributed by atoms with Gasteiger partial charge in [0.15, 0.2) is 0 Å². The Morgan fingerprint density at radius 3 is 2.58 bits per heavy atom. The number of phenolic OH excluding ortho intramolecular Hbond substituents is 1. The molecule has 0 aliphatic heterocycles. The number of benzene rings is 1. The van der Waals surface area contributed by atoms with Crippen molar-refractivity contribution in [3.05, 3.63) is 29.3 Å². The average molecular weight is 264 g/mol. The Morgan fingerprint density at radius 1 is 1.37 bits per heavy atom. The van der Waals surface area contributed by atoms with Gasteiger partial charge in [-0.2, -0.15) is 0 Å². The number of para-hydroxylation sites is 1. The first-order valence-corrected chi connectivity index (χ1v) is 6.81. The molecule has 106 valence electrons. The van der Waals surface area contributed by atoms with Crippen LogP contribution in [-0.2, 0) is 0 Å². The van der Waals surface area contributed by atoms with Gasteiger partial charge in [0.25, 0.3) is 5.91 Å². The molecule has 1 unspecified atom stereocenters. The zero-order valence-corrected chi connectivity index (χ0v) is 12.2. The summed E-state index contributed by atoms with van der Waals surface area (Å²) in [4.78, 5) is 14.3. The smallest absolute Gasteiger partial charge is 0.255 e. The second-order valence-corrected chi connectivity index (χ2v) is 4.83. The number of nitrogens with zero attached hydrogens (tertiary/aromatic N) is 1. The number of carbonyl (C=O) groups is 1. The summed E-state index contributed by atoms with van der Waals surface area (Å²) in [6, 6.07) is 5.25. The molecular formula is C15H24N2O2. The van der Waals surface area contributed by atoms with Gasteiger partial charge in [0.1, 0.15) is 5.75 Å². The Morgan fingerprint density at radius 2 is 2.00 bits per heavy atom. The fraction of sp³-hybridized carbons (Fsp3) is 0.533. The highest BCUT2D eigenvalue weighted by Gasteiger charge is 2.15. The molecule has 0 radical (unpaired) electrons. The molecule has 1 aromatic carbocycles. The topological polar surface area (TPSA) is 52.6 Å². The molecule has 1 atom stereocenters. The molecule has 1 amide bonds. The van der Waals surface area contributed by atoms with E-state index in [9.17, 15) is 9.90 Å². The molecule has 4 nitrogen and oxygen atoms in total. The van der Waals surface area contributed by atoms with Gasteiger partial charge in [-0.3, -0.25) is 4.79 Å². The molecule has 2 N–H and O–H groups in total. The summed E-state index contributed by atoms with van der Waals surface area (Å²) < 4.78 is 0. The third-order valence-electron chi connectivity index (χ3n) is 3.29. The van der Waals surface area contributed by atoms with Crippen molar-refractivity contribution in [3.63, 3.8) is 0 Å². The first-order valence-electron chi connectivity index (χ1n) is 6.81. The molecule has 0 aliphatic rings. The van der Waals surface area contributed by atoms with E-state index >= 15 is 0 Å². The maximum absolute atomic E-state index is 12.1. The monoisotopic (exact) mass is 264 g/mol. The van der Waals surface area contributed by atoms with Gasteiger partial charge < -0.3 is 15.3 Å². The third-order valence-corrected chi connectivity index (χ3v) is 3.29. The van der Waals surface area contributed by atoms with Crippen LogP contribution >= 0.6 is 0 Å². The number of likely N-dealkylation sites (N-methyl/N-ethyl adjacent to an activating group) is 1. The van der Waals surface area contributed by atoms with Crippen LogP contribution in [0.4, 0.5) is 0 Å². The number of hydrogen-bond acceptors (Lipinski definition) is 3. The van der Waals surface area contributed by atoms with Crippen molar-refractivity contribution < 1.29 is 9.90 Å². The summed E-state index contributed by atoms with van der Waals surface area (Å²) in [5.74, 6) is -0.157. The minimum atomic E-state index is -0.221. The minimum Gasteiger partial charge on any atom is -0.507 e. The minimum absolute atomic E-state index is 0.0484. The van der Waals surface area contributed by atoms with Gasteiger partial charge >= 0.3 is 0 Å². The van der Waals surface area contributed by atoms with Crippen molar-refractivity contribution in [1.82, 2.24) is 10.2 Å². The lowest BCUT2D eigenvalue weighted by atomic mass is 10.1. The second-order valence-electron chi connectivity index (χ2n) is 4.83. The highest BCUT2D eigenvalue weighted by Crippen LogP contribution is 2.21. The molecule has 4 heteroatoms. The number of aromatic hydroxyl groups is 1. The van der Waals surface area contributed by atoms with Crippen molar-refractivity contribution in [2.75, 3.05) is 19.6 Å². The second kappa shape index (κ2) is 7.14. The zero-order valence-electron chi connectivity index (χ0n) is 12.2. The molecule has 0 bridgehead atoms. The van der Waals surface area contributed by atoms with E-state index in [1.54, 1.807) is 25.1 Å². The molecule has 0 fully saturated rings. The van der Waals surface area contributed by atoms with E-state index in [1.807, 2.05) is 6.92 Å². The molecule has 0 aromatic heterocycles. The van der Waals surface area contributed by atoms with E-state index in [4.69, 9.17) is 0 Å². The van der Waals surface area contributed by atoms with Crippen molar-refractivity contribution in [2.24, 2.45) is 0 Å². The predicted octanol–water partition coefficient (Wildman–Crippen LogP) is 2.16. The van der Waals surface area contributed by atoms with Gasteiger partial charge in [-0.1, -0.05) is 26.0 Å². The van der Waals surface area contributed by atoms with E-state index in [0.717, 1.165) is 19.6 Å². The fourth-order valence-electron chi connectivity index (χ4n) is 2.06. The maximum atomic E-state index is 12.1. The van der Waals surface area contributed by atoms with Gasteiger partial charge in [0, 0.05) is 12.6 Å². The molecule has 1 aromatic rings. The zero-order chi connectivity index (χ0) is 14.4. The lowest BCUT2D eigenvalue weighted by Gasteiger charge is -2.23. The molecule has 0 saturated heterocycles. The quantitative estimate of drug-likeness (QED) is 0.828. The summed E-state index contributed by atoms with van der Waals surface area (Å²) in [7, 11) is 0. The molecule has 0 heterocycles. The van der Waals surface area contributed by atoms with Gasteiger partial charge in [0.2, 0.25) is 0 Å². The summed E-state index contributed by atoms with van der Waals surface area (Å²) in [6.07, 6.45) is 0. The van der Waals surface area contributed by atoms with Crippen molar-refractivity contribution in [3.8, 4) is 5.75 Å². The number of carbonyl (C=O) groups excluding carboxylic acids is 1. The number of phenols is 1. The molecule has 19 heavy (non-hydrogen) atoms. The van der Waals surface area contributed by atoms with Gasteiger partial charge in [-0.05, 0) is 38.6 Å². The molecule has 1 rings (SSSR count). The molecular weight excluding hydrogens is 240 g/mol. The Bertz CT molecular complexity index is 428. The van der Waals surface area contributed by atoms with Crippen LogP contribution in [0.2, 0.25) is 0 Å².